The van der Waals surface area contributed by atoms with Crippen molar-refractivity contribution in [3.8, 4) is 5.75 Å². The van der Waals surface area contributed by atoms with Crippen LogP contribution in [0.2, 0.25) is 0 Å². The van der Waals surface area contributed by atoms with E-state index in [1.807, 2.05) is 35.7 Å². The molecule has 196 valence electrons. The standard InChI is InChI=1S/C32H29N3O2S2/c1-22-7-5-8-23(17-22)19-34-20-31(26-9-3-4-10-28(26)34)39-21-32(36)35-29(24-12-14-25(37-2)15-13-24)18-27(33-35)30-11-6-16-38-30/h3-17,20,29H,18-19,21H2,1-2H3/t29-/m1/s1. The summed E-state index contributed by atoms with van der Waals surface area (Å²) < 4.78 is 7.62. The van der Waals surface area contributed by atoms with Gasteiger partial charge in [-0.3, -0.25) is 4.79 Å². The second kappa shape index (κ2) is 11.1. The number of carbonyl (C=O) groups is 1. The van der Waals surface area contributed by atoms with Crippen LogP contribution < -0.4 is 4.74 Å². The number of benzene rings is 3. The molecular weight excluding hydrogens is 523 g/mol. The summed E-state index contributed by atoms with van der Waals surface area (Å²) in [5.41, 5.74) is 5.70. The highest BCUT2D eigenvalue weighted by Gasteiger charge is 2.33. The molecule has 1 aliphatic rings. The van der Waals surface area contributed by atoms with E-state index in [0.29, 0.717) is 12.2 Å². The van der Waals surface area contributed by atoms with Crippen LogP contribution in [-0.4, -0.2) is 34.1 Å². The number of hydrogen-bond acceptors (Lipinski definition) is 5. The van der Waals surface area contributed by atoms with Gasteiger partial charge in [0.05, 0.1) is 29.5 Å². The summed E-state index contributed by atoms with van der Waals surface area (Å²) in [5, 5.41) is 9.74. The SMILES string of the molecule is COc1ccc([C@H]2CC(c3cccs3)=NN2C(=O)CSc2cn(Cc3cccc(C)c3)c3ccccc23)cc1. The first-order valence-electron chi connectivity index (χ1n) is 12.9. The molecule has 0 saturated carbocycles. The van der Waals surface area contributed by atoms with Gasteiger partial charge in [0, 0.05) is 35.0 Å². The lowest BCUT2D eigenvalue weighted by Crippen LogP contribution is -2.28. The lowest BCUT2D eigenvalue weighted by Gasteiger charge is -2.22. The summed E-state index contributed by atoms with van der Waals surface area (Å²) in [6, 6.07) is 28.9. The fourth-order valence-electron chi connectivity index (χ4n) is 5.09. The van der Waals surface area contributed by atoms with E-state index in [9.17, 15) is 4.79 Å². The molecule has 1 amide bonds. The fraction of sp³-hybridized carbons (Fsp3) is 0.188. The van der Waals surface area contributed by atoms with E-state index in [0.717, 1.165) is 33.3 Å². The Morgan fingerprint density at radius 2 is 1.90 bits per heavy atom. The zero-order valence-corrected chi connectivity index (χ0v) is 23.5. The zero-order valence-electron chi connectivity index (χ0n) is 21.9. The molecule has 0 aliphatic carbocycles. The normalized spacial score (nSPS) is 15.1. The summed E-state index contributed by atoms with van der Waals surface area (Å²) in [7, 11) is 1.66. The fourth-order valence-corrected chi connectivity index (χ4v) is 6.75. The number of amides is 1. The van der Waals surface area contributed by atoms with Gasteiger partial charge in [0.15, 0.2) is 0 Å². The Morgan fingerprint density at radius 1 is 1.05 bits per heavy atom. The van der Waals surface area contributed by atoms with Crippen LogP contribution in [0.15, 0.2) is 107 Å². The van der Waals surface area contributed by atoms with Crippen LogP contribution in [0.5, 0.6) is 5.75 Å². The third kappa shape index (κ3) is 5.37. The van der Waals surface area contributed by atoms with Gasteiger partial charge in [0.25, 0.3) is 5.91 Å². The van der Waals surface area contributed by atoms with E-state index in [-0.39, 0.29) is 11.9 Å². The van der Waals surface area contributed by atoms with Crippen molar-refractivity contribution < 1.29 is 9.53 Å². The highest BCUT2D eigenvalue weighted by molar-refractivity contribution is 8.00. The van der Waals surface area contributed by atoms with Crippen molar-refractivity contribution in [2.24, 2.45) is 5.10 Å². The summed E-state index contributed by atoms with van der Waals surface area (Å²) in [6.07, 6.45) is 2.87. The maximum Gasteiger partial charge on any atom is 0.253 e. The third-order valence-corrected chi connectivity index (χ3v) is 8.96. The zero-order chi connectivity index (χ0) is 26.8. The minimum Gasteiger partial charge on any atom is -0.497 e. The Balaban J connectivity index is 1.25. The third-order valence-electron chi connectivity index (χ3n) is 7.01. The smallest absolute Gasteiger partial charge is 0.253 e. The summed E-state index contributed by atoms with van der Waals surface area (Å²) in [6.45, 7) is 2.91. The van der Waals surface area contributed by atoms with E-state index in [2.05, 4.69) is 72.3 Å². The molecule has 0 fully saturated rings. The Labute approximate surface area is 236 Å². The first-order chi connectivity index (χ1) is 19.1. The number of fused-ring (bicyclic) bond motifs is 1. The van der Waals surface area contributed by atoms with Gasteiger partial charge in [-0.05, 0) is 47.7 Å². The number of hydrazone groups is 1. The lowest BCUT2D eigenvalue weighted by atomic mass is 10.0. The molecule has 0 radical (unpaired) electrons. The number of thioether (sulfide) groups is 1. The highest BCUT2D eigenvalue weighted by Crippen LogP contribution is 2.36. The average molecular weight is 552 g/mol. The van der Waals surface area contributed by atoms with Crippen LogP contribution in [0.25, 0.3) is 10.9 Å². The molecule has 6 rings (SSSR count). The number of ether oxygens (including phenoxy) is 1. The summed E-state index contributed by atoms with van der Waals surface area (Å²) >= 11 is 3.24. The molecule has 1 atom stereocenters. The molecule has 0 unspecified atom stereocenters. The topological polar surface area (TPSA) is 46.8 Å². The Morgan fingerprint density at radius 3 is 2.67 bits per heavy atom. The number of aromatic nitrogens is 1. The molecule has 0 bridgehead atoms. The number of methoxy groups -OCH3 is 1. The molecule has 39 heavy (non-hydrogen) atoms. The van der Waals surface area contributed by atoms with Crippen LogP contribution in [-0.2, 0) is 11.3 Å². The van der Waals surface area contributed by atoms with Crippen LogP contribution >= 0.6 is 23.1 Å². The largest absolute Gasteiger partial charge is 0.497 e. The van der Waals surface area contributed by atoms with Gasteiger partial charge in [-0.1, -0.05) is 66.2 Å². The molecule has 7 heteroatoms. The second-order valence-electron chi connectivity index (χ2n) is 9.67. The van der Waals surface area contributed by atoms with E-state index in [1.165, 1.54) is 22.0 Å². The number of nitrogens with zero attached hydrogens (tertiary/aromatic N) is 3. The molecule has 3 heterocycles. The predicted molar refractivity (Wildman–Crippen MR) is 161 cm³/mol. The first-order valence-corrected chi connectivity index (χ1v) is 14.8. The van der Waals surface area contributed by atoms with Crippen LogP contribution in [0.4, 0.5) is 0 Å². The van der Waals surface area contributed by atoms with E-state index in [1.54, 1.807) is 35.2 Å². The molecule has 0 N–H and O–H groups in total. The maximum atomic E-state index is 13.7. The lowest BCUT2D eigenvalue weighted by molar-refractivity contribution is -0.130. The number of hydrogen-bond donors (Lipinski definition) is 0. The minimum absolute atomic E-state index is 0.00268. The molecule has 1 aliphatic heterocycles. The van der Waals surface area contributed by atoms with Crippen molar-refractivity contribution in [1.82, 2.24) is 9.58 Å². The monoisotopic (exact) mass is 551 g/mol. The molecule has 3 aromatic carbocycles. The number of aryl methyl sites for hydroxylation is 1. The average Bonchev–Trinajstić information content (AvgIpc) is 3.71. The van der Waals surface area contributed by atoms with Crippen molar-refractivity contribution >= 4 is 45.6 Å². The predicted octanol–water partition coefficient (Wildman–Crippen LogP) is 7.54. The van der Waals surface area contributed by atoms with Gasteiger partial charge >= 0.3 is 0 Å². The Kier molecular flexibility index (Phi) is 7.26. The van der Waals surface area contributed by atoms with Gasteiger partial charge in [-0.15, -0.1) is 23.1 Å². The van der Waals surface area contributed by atoms with Gasteiger partial charge in [-0.2, -0.15) is 5.10 Å². The molecule has 2 aromatic heterocycles. The van der Waals surface area contributed by atoms with Crippen molar-refractivity contribution in [2.45, 2.75) is 30.8 Å². The number of rotatable bonds is 8. The summed E-state index contributed by atoms with van der Waals surface area (Å²) in [4.78, 5) is 15.9. The second-order valence-corrected chi connectivity index (χ2v) is 11.6. The molecular formula is C32H29N3O2S2. The Hall–Kier alpha value is -3.81. The van der Waals surface area contributed by atoms with Crippen LogP contribution in [0.1, 0.15) is 34.0 Å². The number of para-hydroxylation sites is 1. The summed E-state index contributed by atoms with van der Waals surface area (Å²) in [5.74, 6) is 1.11. The number of thiophene rings is 1. The van der Waals surface area contributed by atoms with E-state index in [4.69, 9.17) is 9.84 Å². The molecule has 0 spiro atoms. The van der Waals surface area contributed by atoms with E-state index >= 15 is 0 Å². The first kappa shape index (κ1) is 25.5. The van der Waals surface area contributed by atoms with Crippen molar-refractivity contribution in [1.29, 1.82) is 0 Å². The van der Waals surface area contributed by atoms with E-state index < -0.39 is 0 Å². The van der Waals surface area contributed by atoms with Gasteiger partial charge in [-0.25, -0.2) is 5.01 Å². The van der Waals surface area contributed by atoms with Crippen molar-refractivity contribution in [3.63, 3.8) is 0 Å². The van der Waals surface area contributed by atoms with Gasteiger partial charge < -0.3 is 9.30 Å². The number of carbonyl (C=O) groups excluding carboxylic acids is 1. The van der Waals surface area contributed by atoms with Crippen LogP contribution in [0, 0.1) is 6.92 Å². The molecule has 5 aromatic rings. The molecule has 5 nitrogen and oxygen atoms in total. The van der Waals surface area contributed by atoms with Crippen molar-refractivity contribution in [3.05, 3.63) is 118 Å². The minimum atomic E-state index is -0.135. The molecule has 0 saturated heterocycles. The maximum absolute atomic E-state index is 13.7. The van der Waals surface area contributed by atoms with Gasteiger partial charge in [0.1, 0.15) is 5.75 Å². The quantitative estimate of drug-likeness (QED) is 0.187. The Bertz CT molecular complexity index is 1640. The van der Waals surface area contributed by atoms with Crippen LogP contribution in [0.3, 0.4) is 0 Å². The highest BCUT2D eigenvalue weighted by atomic mass is 32.2. The van der Waals surface area contributed by atoms with Crippen molar-refractivity contribution in [2.75, 3.05) is 12.9 Å². The van der Waals surface area contributed by atoms with Gasteiger partial charge in [0.2, 0.25) is 0 Å².